The van der Waals surface area contributed by atoms with Crippen LogP contribution in [0.4, 0.5) is 0 Å². The van der Waals surface area contributed by atoms with Crippen LogP contribution in [-0.4, -0.2) is 99.2 Å². The lowest BCUT2D eigenvalue weighted by atomic mass is 10.0. The number of hydrogen-bond acceptors (Lipinski definition) is 4. The maximum atomic E-state index is 4.97. The van der Waals surface area contributed by atoms with Gasteiger partial charge in [-0.05, 0) is 65.2 Å². The van der Waals surface area contributed by atoms with Gasteiger partial charge < -0.3 is 20.4 Å². The number of unbranched alkanes of at least 4 members (excludes halogenated alkanes) is 1. The van der Waals surface area contributed by atoms with Gasteiger partial charge >= 0.3 is 0 Å². The topological polar surface area (TPSA) is 46.1 Å². The summed E-state index contributed by atoms with van der Waals surface area (Å²) in [5.74, 6) is 1.64. The molecule has 2 saturated heterocycles. The Kier molecular flexibility index (Phi) is 15.4. The highest BCUT2D eigenvalue weighted by Crippen LogP contribution is 2.17. The first-order valence-electron chi connectivity index (χ1n) is 12.3. The van der Waals surface area contributed by atoms with E-state index >= 15 is 0 Å². The molecule has 2 N–H and O–H groups in total. The number of nitrogens with zero attached hydrogens (tertiary/aromatic N) is 4. The number of hydrogen-bond donors (Lipinski definition) is 2. The van der Waals surface area contributed by atoms with Crippen LogP contribution in [0.1, 0.15) is 59.3 Å². The van der Waals surface area contributed by atoms with E-state index in [2.05, 4.69) is 53.2 Å². The molecule has 2 heterocycles. The fourth-order valence-corrected chi connectivity index (χ4v) is 4.44. The molecule has 178 valence electrons. The molecule has 30 heavy (non-hydrogen) atoms. The van der Waals surface area contributed by atoms with Crippen LogP contribution < -0.4 is 10.6 Å². The van der Waals surface area contributed by atoms with Gasteiger partial charge in [-0.25, -0.2) is 0 Å². The van der Waals surface area contributed by atoms with Crippen LogP contribution >= 0.6 is 24.0 Å². The summed E-state index contributed by atoms with van der Waals surface area (Å²) >= 11 is 0. The molecule has 0 radical (unpaired) electrons. The lowest BCUT2D eigenvalue weighted by Crippen LogP contribution is -2.45. The Labute approximate surface area is 203 Å². The fourth-order valence-electron chi connectivity index (χ4n) is 4.44. The third-order valence-corrected chi connectivity index (χ3v) is 6.45. The number of rotatable bonds is 10. The molecule has 2 rings (SSSR count). The standard InChI is InChI=1S/C23H48N6.HI/c1-5-24-23(25-12-8-11-13-28-18-16-27(4)17-19-28)26-20-22(21(2)3)29-14-9-6-7-10-15-29;/h21-22H,5-20H2,1-4H3,(H2,24,25,26);1H. The van der Waals surface area contributed by atoms with Crippen molar-refractivity contribution in [3.63, 3.8) is 0 Å². The summed E-state index contributed by atoms with van der Waals surface area (Å²) in [6.07, 6.45) is 7.94. The van der Waals surface area contributed by atoms with Crippen LogP contribution in [0.5, 0.6) is 0 Å². The second-order valence-corrected chi connectivity index (χ2v) is 9.26. The minimum atomic E-state index is 0. The summed E-state index contributed by atoms with van der Waals surface area (Å²) in [5, 5.41) is 7.01. The van der Waals surface area contributed by atoms with Gasteiger partial charge in [-0.2, -0.15) is 0 Å². The van der Waals surface area contributed by atoms with Crippen LogP contribution in [-0.2, 0) is 0 Å². The first-order valence-corrected chi connectivity index (χ1v) is 12.3. The number of likely N-dealkylation sites (N-methyl/N-ethyl adjacent to an activating group) is 1. The minimum Gasteiger partial charge on any atom is -0.357 e. The predicted molar refractivity (Wildman–Crippen MR) is 141 cm³/mol. The van der Waals surface area contributed by atoms with Gasteiger partial charge in [-0.15, -0.1) is 24.0 Å². The zero-order chi connectivity index (χ0) is 20.9. The van der Waals surface area contributed by atoms with Crippen molar-refractivity contribution in [1.29, 1.82) is 0 Å². The monoisotopic (exact) mass is 536 g/mol. The maximum Gasteiger partial charge on any atom is 0.191 e. The molecule has 2 fully saturated rings. The van der Waals surface area contributed by atoms with Crippen molar-refractivity contribution in [2.45, 2.75) is 65.3 Å². The fraction of sp³-hybridized carbons (Fsp3) is 0.957. The van der Waals surface area contributed by atoms with Crippen molar-refractivity contribution in [2.24, 2.45) is 10.9 Å². The SMILES string of the molecule is CCNC(=NCC(C(C)C)N1CCCCCC1)NCCCCN1CCN(C)CC1.I. The molecule has 2 aliphatic heterocycles. The van der Waals surface area contributed by atoms with E-state index in [1.54, 1.807) is 0 Å². The van der Waals surface area contributed by atoms with Gasteiger partial charge in [0.25, 0.3) is 0 Å². The highest BCUT2D eigenvalue weighted by atomic mass is 127. The van der Waals surface area contributed by atoms with Crippen molar-refractivity contribution >= 4 is 29.9 Å². The molecule has 0 aromatic heterocycles. The average molecular weight is 537 g/mol. The molecule has 7 heteroatoms. The molecule has 0 spiro atoms. The summed E-state index contributed by atoms with van der Waals surface area (Å²) < 4.78 is 0. The largest absolute Gasteiger partial charge is 0.357 e. The number of halogens is 1. The lowest BCUT2D eigenvalue weighted by molar-refractivity contribution is 0.152. The number of likely N-dealkylation sites (tertiary alicyclic amines) is 1. The Morgan fingerprint density at radius 3 is 2.17 bits per heavy atom. The third-order valence-electron chi connectivity index (χ3n) is 6.45. The van der Waals surface area contributed by atoms with Crippen molar-refractivity contribution in [1.82, 2.24) is 25.3 Å². The summed E-state index contributed by atoms with van der Waals surface area (Å²) in [4.78, 5) is 12.7. The Hall–Kier alpha value is -0.120. The Balaban J connectivity index is 0.00000450. The number of guanidine groups is 1. The second-order valence-electron chi connectivity index (χ2n) is 9.26. The van der Waals surface area contributed by atoms with Crippen LogP contribution in [0.3, 0.4) is 0 Å². The van der Waals surface area contributed by atoms with Gasteiger partial charge in [0, 0.05) is 45.3 Å². The van der Waals surface area contributed by atoms with Gasteiger partial charge in [0.15, 0.2) is 5.96 Å². The third kappa shape index (κ3) is 11.0. The quantitative estimate of drug-likeness (QED) is 0.195. The highest BCUT2D eigenvalue weighted by molar-refractivity contribution is 14.0. The smallest absolute Gasteiger partial charge is 0.191 e. The normalized spacial score (nSPS) is 21.2. The first kappa shape index (κ1) is 27.9. The summed E-state index contributed by atoms with van der Waals surface area (Å²) in [7, 11) is 2.22. The van der Waals surface area contributed by atoms with Crippen LogP contribution in [0.2, 0.25) is 0 Å². The Morgan fingerprint density at radius 1 is 0.900 bits per heavy atom. The molecule has 1 atom stereocenters. The maximum absolute atomic E-state index is 4.97. The number of piperazine rings is 1. The van der Waals surface area contributed by atoms with E-state index in [-0.39, 0.29) is 24.0 Å². The molecule has 0 saturated carbocycles. The zero-order valence-corrected chi connectivity index (χ0v) is 22.5. The molecular formula is C23H49IN6. The molecule has 0 aliphatic carbocycles. The van der Waals surface area contributed by atoms with Crippen molar-refractivity contribution in [3.05, 3.63) is 0 Å². The molecule has 2 aliphatic rings. The van der Waals surface area contributed by atoms with Gasteiger partial charge in [-0.1, -0.05) is 26.7 Å². The summed E-state index contributed by atoms with van der Waals surface area (Å²) in [5.41, 5.74) is 0. The second kappa shape index (κ2) is 16.5. The predicted octanol–water partition coefficient (Wildman–Crippen LogP) is 3.09. The Bertz CT molecular complexity index is 443. The van der Waals surface area contributed by atoms with E-state index in [1.807, 2.05) is 0 Å². The molecular weight excluding hydrogens is 487 g/mol. The Morgan fingerprint density at radius 2 is 1.57 bits per heavy atom. The van der Waals surface area contributed by atoms with Gasteiger partial charge in [-0.3, -0.25) is 9.89 Å². The van der Waals surface area contributed by atoms with E-state index in [1.165, 1.54) is 84.3 Å². The minimum absolute atomic E-state index is 0. The molecule has 0 aromatic rings. The van der Waals surface area contributed by atoms with Crippen molar-refractivity contribution in [3.8, 4) is 0 Å². The van der Waals surface area contributed by atoms with Gasteiger partial charge in [0.2, 0.25) is 0 Å². The first-order chi connectivity index (χ1) is 14.1. The van der Waals surface area contributed by atoms with E-state index < -0.39 is 0 Å². The summed E-state index contributed by atoms with van der Waals surface area (Å²) in [6.45, 7) is 18.3. The van der Waals surface area contributed by atoms with E-state index in [0.29, 0.717) is 12.0 Å². The zero-order valence-electron chi connectivity index (χ0n) is 20.2. The van der Waals surface area contributed by atoms with Gasteiger partial charge in [0.05, 0.1) is 6.54 Å². The van der Waals surface area contributed by atoms with E-state index in [0.717, 1.165) is 25.6 Å². The number of nitrogens with one attached hydrogen (secondary N) is 2. The molecule has 0 bridgehead atoms. The van der Waals surface area contributed by atoms with Crippen LogP contribution in [0.25, 0.3) is 0 Å². The highest BCUT2D eigenvalue weighted by Gasteiger charge is 2.22. The van der Waals surface area contributed by atoms with Crippen molar-refractivity contribution in [2.75, 3.05) is 72.5 Å². The molecule has 0 aromatic carbocycles. The molecule has 6 nitrogen and oxygen atoms in total. The van der Waals surface area contributed by atoms with Crippen LogP contribution in [0, 0.1) is 5.92 Å². The van der Waals surface area contributed by atoms with Crippen LogP contribution in [0.15, 0.2) is 4.99 Å². The van der Waals surface area contributed by atoms with Gasteiger partial charge in [0.1, 0.15) is 0 Å². The lowest BCUT2D eigenvalue weighted by Gasteiger charge is -2.32. The number of aliphatic imine (C=N–C) groups is 1. The summed E-state index contributed by atoms with van der Waals surface area (Å²) in [6, 6.07) is 0.556. The average Bonchev–Trinajstić information content (AvgIpc) is 2.98. The molecule has 1 unspecified atom stereocenters. The van der Waals surface area contributed by atoms with E-state index in [9.17, 15) is 0 Å². The molecule has 0 amide bonds. The van der Waals surface area contributed by atoms with Crippen molar-refractivity contribution < 1.29 is 0 Å². The van der Waals surface area contributed by atoms with E-state index in [4.69, 9.17) is 4.99 Å².